The highest BCUT2D eigenvalue weighted by Crippen LogP contribution is 2.35. The van der Waals surface area contributed by atoms with Crippen LogP contribution in [0.5, 0.6) is 0 Å². The van der Waals surface area contributed by atoms with E-state index in [4.69, 9.17) is 5.73 Å². The molecule has 2 N–H and O–H groups in total. The summed E-state index contributed by atoms with van der Waals surface area (Å²) in [5, 5.41) is 0. The van der Waals surface area contributed by atoms with E-state index in [1.807, 2.05) is 0 Å². The molecule has 0 aromatic heterocycles. The van der Waals surface area contributed by atoms with Gasteiger partial charge in [0.25, 0.3) is 0 Å². The van der Waals surface area contributed by atoms with Gasteiger partial charge in [-0.05, 0) is 59.4 Å². The summed E-state index contributed by atoms with van der Waals surface area (Å²) in [6, 6.07) is 28.7. The molecule has 0 fully saturated rings. The number of hydrogen-bond acceptors (Lipinski definition) is 1. The summed E-state index contributed by atoms with van der Waals surface area (Å²) in [5.74, 6) is 0.566. The first-order chi connectivity index (χ1) is 12.3. The van der Waals surface area contributed by atoms with Gasteiger partial charge in [-0.3, -0.25) is 0 Å². The minimum absolute atomic E-state index is 0.269. The average Bonchev–Trinajstić information content (AvgIpc) is 2.81. The standard InChI is InChI=1S/C24H25N/c25-23-13-11-21(15-18-7-3-1-4-8-18)24-14-12-20(16-22(24)17-23)19-9-5-2-6-10-19/h1-10,12,14,16,21,23H,11,13,15,17,25H2. The highest BCUT2D eigenvalue weighted by molar-refractivity contribution is 5.65. The van der Waals surface area contributed by atoms with Crippen molar-refractivity contribution in [2.24, 2.45) is 5.73 Å². The lowest BCUT2D eigenvalue weighted by Gasteiger charge is -2.19. The van der Waals surface area contributed by atoms with Crippen LogP contribution in [0.3, 0.4) is 0 Å². The van der Waals surface area contributed by atoms with Crippen molar-refractivity contribution in [3.8, 4) is 11.1 Å². The Labute approximate surface area is 150 Å². The molecule has 126 valence electrons. The van der Waals surface area contributed by atoms with Crippen molar-refractivity contribution in [1.82, 2.24) is 0 Å². The predicted octanol–water partition coefficient (Wildman–Crippen LogP) is 5.34. The second-order valence-corrected chi connectivity index (χ2v) is 7.21. The van der Waals surface area contributed by atoms with E-state index in [1.54, 1.807) is 0 Å². The highest BCUT2D eigenvalue weighted by Gasteiger charge is 2.22. The maximum Gasteiger partial charge on any atom is 0.00796 e. The quantitative estimate of drug-likeness (QED) is 0.645. The molecule has 1 nitrogen and oxygen atoms in total. The largest absolute Gasteiger partial charge is 0.327 e. The third-order valence-corrected chi connectivity index (χ3v) is 5.38. The Kier molecular flexibility index (Phi) is 4.67. The molecule has 0 heterocycles. The van der Waals surface area contributed by atoms with Crippen molar-refractivity contribution in [3.05, 3.63) is 95.6 Å². The zero-order valence-corrected chi connectivity index (χ0v) is 14.6. The van der Waals surface area contributed by atoms with Gasteiger partial charge in [0, 0.05) is 6.04 Å². The van der Waals surface area contributed by atoms with Gasteiger partial charge in [0.2, 0.25) is 0 Å². The molecule has 0 bridgehead atoms. The number of rotatable bonds is 3. The van der Waals surface area contributed by atoms with E-state index in [0.717, 1.165) is 19.3 Å². The third kappa shape index (κ3) is 3.67. The van der Waals surface area contributed by atoms with E-state index in [9.17, 15) is 0 Å². The van der Waals surface area contributed by atoms with Crippen molar-refractivity contribution in [2.45, 2.75) is 37.6 Å². The molecule has 1 aliphatic carbocycles. The summed E-state index contributed by atoms with van der Waals surface area (Å²) in [4.78, 5) is 0. The highest BCUT2D eigenvalue weighted by atomic mass is 14.6. The van der Waals surface area contributed by atoms with Crippen molar-refractivity contribution in [1.29, 1.82) is 0 Å². The van der Waals surface area contributed by atoms with Crippen LogP contribution >= 0.6 is 0 Å². The van der Waals surface area contributed by atoms with Crippen molar-refractivity contribution < 1.29 is 0 Å². The zero-order chi connectivity index (χ0) is 17.1. The van der Waals surface area contributed by atoms with Crippen LogP contribution in [-0.4, -0.2) is 6.04 Å². The third-order valence-electron chi connectivity index (χ3n) is 5.38. The van der Waals surface area contributed by atoms with E-state index >= 15 is 0 Å². The van der Waals surface area contributed by atoms with Crippen LogP contribution in [0.4, 0.5) is 0 Å². The van der Waals surface area contributed by atoms with Crippen LogP contribution in [-0.2, 0) is 12.8 Å². The maximum atomic E-state index is 6.39. The molecule has 0 spiro atoms. The molecule has 2 unspecified atom stereocenters. The Hall–Kier alpha value is -2.38. The fourth-order valence-electron chi connectivity index (χ4n) is 4.06. The molecule has 0 saturated carbocycles. The molecular formula is C24H25N. The predicted molar refractivity (Wildman–Crippen MR) is 106 cm³/mol. The second kappa shape index (κ2) is 7.25. The maximum absolute atomic E-state index is 6.39. The molecule has 0 amide bonds. The van der Waals surface area contributed by atoms with Gasteiger partial charge >= 0.3 is 0 Å². The molecule has 0 saturated heterocycles. The lowest BCUT2D eigenvalue weighted by Crippen LogP contribution is -2.21. The Bertz CT molecular complexity index is 823. The van der Waals surface area contributed by atoms with Gasteiger partial charge in [-0.25, -0.2) is 0 Å². The van der Waals surface area contributed by atoms with E-state index in [0.29, 0.717) is 5.92 Å². The minimum atomic E-state index is 0.269. The molecule has 0 radical (unpaired) electrons. The first kappa shape index (κ1) is 16.1. The van der Waals surface area contributed by atoms with Crippen LogP contribution in [0, 0.1) is 0 Å². The first-order valence-electron chi connectivity index (χ1n) is 9.27. The number of fused-ring (bicyclic) bond motifs is 1. The fraction of sp³-hybridized carbons (Fsp3) is 0.250. The molecule has 4 rings (SSSR count). The molecule has 3 aromatic rings. The molecule has 0 aliphatic heterocycles. The number of nitrogens with two attached hydrogens (primary N) is 1. The Morgan fingerprint density at radius 2 is 1.48 bits per heavy atom. The number of hydrogen-bond donors (Lipinski definition) is 1. The molecule has 25 heavy (non-hydrogen) atoms. The van der Waals surface area contributed by atoms with Crippen molar-refractivity contribution in [3.63, 3.8) is 0 Å². The normalized spacial score (nSPS) is 19.9. The van der Waals surface area contributed by atoms with Crippen LogP contribution in [0.1, 0.15) is 35.4 Å². The zero-order valence-electron chi connectivity index (χ0n) is 14.6. The number of benzene rings is 3. The van der Waals surface area contributed by atoms with E-state index in [-0.39, 0.29) is 6.04 Å². The summed E-state index contributed by atoms with van der Waals surface area (Å²) < 4.78 is 0. The second-order valence-electron chi connectivity index (χ2n) is 7.21. The van der Waals surface area contributed by atoms with Gasteiger partial charge in [-0.15, -0.1) is 0 Å². The van der Waals surface area contributed by atoms with Gasteiger partial charge in [0.1, 0.15) is 0 Å². The van der Waals surface area contributed by atoms with Gasteiger partial charge in [0.05, 0.1) is 0 Å². The van der Waals surface area contributed by atoms with Crippen LogP contribution in [0.15, 0.2) is 78.9 Å². The van der Waals surface area contributed by atoms with E-state index < -0.39 is 0 Å². The van der Waals surface area contributed by atoms with Crippen LogP contribution in [0.25, 0.3) is 11.1 Å². The summed E-state index contributed by atoms with van der Waals surface area (Å²) >= 11 is 0. The molecule has 2 atom stereocenters. The molecule has 1 heteroatoms. The molecule has 3 aromatic carbocycles. The Morgan fingerprint density at radius 1 is 0.760 bits per heavy atom. The summed E-state index contributed by atoms with van der Waals surface area (Å²) in [6.07, 6.45) is 4.37. The lowest BCUT2D eigenvalue weighted by molar-refractivity contribution is 0.545. The summed E-state index contributed by atoms with van der Waals surface area (Å²) in [5.41, 5.74) is 13.3. The van der Waals surface area contributed by atoms with E-state index in [1.165, 1.54) is 34.2 Å². The smallest absolute Gasteiger partial charge is 0.00796 e. The van der Waals surface area contributed by atoms with E-state index in [2.05, 4.69) is 78.9 Å². The summed E-state index contributed by atoms with van der Waals surface area (Å²) in [6.45, 7) is 0. The van der Waals surface area contributed by atoms with Crippen LogP contribution in [0.2, 0.25) is 0 Å². The Balaban J connectivity index is 1.69. The average molecular weight is 327 g/mol. The van der Waals surface area contributed by atoms with Gasteiger partial charge in [-0.1, -0.05) is 78.9 Å². The molecule has 1 aliphatic rings. The van der Waals surface area contributed by atoms with Crippen molar-refractivity contribution >= 4 is 0 Å². The molecular weight excluding hydrogens is 302 g/mol. The topological polar surface area (TPSA) is 26.0 Å². The summed E-state index contributed by atoms with van der Waals surface area (Å²) in [7, 11) is 0. The lowest BCUT2D eigenvalue weighted by atomic mass is 9.86. The Morgan fingerprint density at radius 3 is 2.24 bits per heavy atom. The van der Waals surface area contributed by atoms with Crippen LogP contribution < -0.4 is 5.73 Å². The van der Waals surface area contributed by atoms with Gasteiger partial charge in [0.15, 0.2) is 0 Å². The van der Waals surface area contributed by atoms with Crippen molar-refractivity contribution in [2.75, 3.05) is 0 Å². The van der Waals surface area contributed by atoms with Gasteiger partial charge < -0.3 is 5.73 Å². The SMILES string of the molecule is NC1CCC(Cc2ccccc2)c2ccc(-c3ccccc3)cc2C1. The first-order valence-corrected chi connectivity index (χ1v) is 9.27. The minimum Gasteiger partial charge on any atom is -0.327 e. The van der Waals surface area contributed by atoms with Gasteiger partial charge in [-0.2, -0.15) is 0 Å². The monoisotopic (exact) mass is 327 g/mol. The fourth-order valence-corrected chi connectivity index (χ4v) is 4.06.